The van der Waals surface area contributed by atoms with E-state index in [2.05, 4.69) is 38.7 Å². The zero-order valence-electron chi connectivity index (χ0n) is 11.5. The van der Waals surface area contributed by atoms with Gasteiger partial charge in [0.25, 0.3) is 0 Å². The van der Waals surface area contributed by atoms with Gasteiger partial charge in [0.15, 0.2) is 0 Å². The quantitative estimate of drug-likeness (QED) is 0.580. The third-order valence-electron chi connectivity index (χ3n) is 2.72. The number of thioether (sulfide) groups is 1. The Morgan fingerprint density at radius 1 is 1.05 bits per heavy atom. The second-order valence-electron chi connectivity index (χ2n) is 4.37. The lowest BCUT2D eigenvalue weighted by Gasteiger charge is -2.08. The second kappa shape index (κ2) is 8.87. The van der Waals surface area contributed by atoms with Crippen molar-refractivity contribution in [3.8, 4) is 0 Å². The molecule has 0 saturated heterocycles. The lowest BCUT2D eigenvalue weighted by atomic mass is 10.3. The number of amides is 1. The predicted octanol–water partition coefficient (Wildman–Crippen LogP) is 3.77. The van der Waals surface area contributed by atoms with E-state index in [0.29, 0.717) is 6.54 Å². The van der Waals surface area contributed by atoms with Crippen LogP contribution in [-0.4, -0.2) is 24.7 Å². The Balaban J connectivity index is 1.63. The smallest absolute Gasteiger partial charge is 0.238 e. The molecule has 2 N–H and O–H groups in total. The predicted molar refractivity (Wildman–Crippen MR) is 92.8 cm³/mol. The standard InChI is InChI=1S/C16H17BrN2OS/c17-14-8-4-5-9-15(14)19-16(20)12-18-10-11-21-13-6-2-1-3-7-13/h1-9,18H,10-12H2,(H,19,20). The fourth-order valence-electron chi connectivity index (χ4n) is 1.72. The van der Waals surface area contributed by atoms with Crippen molar-refractivity contribution < 1.29 is 4.79 Å². The first-order chi connectivity index (χ1) is 10.3. The number of hydrogen-bond donors (Lipinski definition) is 2. The summed E-state index contributed by atoms with van der Waals surface area (Å²) in [6.07, 6.45) is 0. The van der Waals surface area contributed by atoms with E-state index < -0.39 is 0 Å². The van der Waals surface area contributed by atoms with Crippen LogP contribution in [0.2, 0.25) is 0 Å². The molecule has 0 aliphatic heterocycles. The first-order valence-corrected chi connectivity index (χ1v) is 8.46. The number of benzene rings is 2. The van der Waals surface area contributed by atoms with E-state index in [1.54, 1.807) is 11.8 Å². The number of carbonyl (C=O) groups excluding carboxylic acids is 1. The first kappa shape index (κ1) is 16.1. The van der Waals surface area contributed by atoms with Gasteiger partial charge in [0, 0.05) is 21.7 Å². The van der Waals surface area contributed by atoms with E-state index in [0.717, 1.165) is 22.5 Å². The third-order valence-corrected chi connectivity index (χ3v) is 4.43. The molecule has 0 unspecified atom stereocenters. The molecule has 1 amide bonds. The average molecular weight is 365 g/mol. The van der Waals surface area contributed by atoms with E-state index in [-0.39, 0.29) is 5.91 Å². The Labute approximate surface area is 137 Å². The van der Waals surface area contributed by atoms with E-state index in [9.17, 15) is 4.79 Å². The van der Waals surface area contributed by atoms with Gasteiger partial charge in [-0.2, -0.15) is 0 Å². The summed E-state index contributed by atoms with van der Waals surface area (Å²) in [7, 11) is 0. The number of nitrogens with one attached hydrogen (secondary N) is 2. The summed E-state index contributed by atoms with van der Waals surface area (Å²) >= 11 is 5.18. The van der Waals surface area contributed by atoms with Gasteiger partial charge in [0.05, 0.1) is 12.2 Å². The fourth-order valence-corrected chi connectivity index (χ4v) is 2.93. The van der Waals surface area contributed by atoms with Gasteiger partial charge in [-0.15, -0.1) is 11.8 Å². The summed E-state index contributed by atoms with van der Waals surface area (Å²) in [5.74, 6) is 0.901. The zero-order chi connectivity index (χ0) is 14.9. The lowest BCUT2D eigenvalue weighted by molar-refractivity contribution is -0.115. The van der Waals surface area contributed by atoms with Gasteiger partial charge in [0.1, 0.15) is 0 Å². The molecule has 2 rings (SSSR count). The monoisotopic (exact) mass is 364 g/mol. The van der Waals surface area contributed by atoms with Crippen molar-refractivity contribution >= 4 is 39.3 Å². The molecule has 0 heterocycles. The van der Waals surface area contributed by atoms with Crippen LogP contribution < -0.4 is 10.6 Å². The van der Waals surface area contributed by atoms with Crippen LogP contribution in [0.4, 0.5) is 5.69 Å². The van der Waals surface area contributed by atoms with Gasteiger partial charge in [-0.1, -0.05) is 30.3 Å². The minimum Gasteiger partial charge on any atom is -0.324 e. The summed E-state index contributed by atoms with van der Waals surface area (Å²) in [5, 5.41) is 6.01. The fraction of sp³-hybridized carbons (Fsp3) is 0.188. The highest BCUT2D eigenvalue weighted by Gasteiger charge is 2.04. The molecule has 5 heteroatoms. The van der Waals surface area contributed by atoms with Crippen molar-refractivity contribution in [1.29, 1.82) is 0 Å². The Kier molecular flexibility index (Phi) is 6.79. The lowest BCUT2D eigenvalue weighted by Crippen LogP contribution is -2.29. The molecule has 110 valence electrons. The van der Waals surface area contributed by atoms with Crippen molar-refractivity contribution in [3.05, 3.63) is 59.1 Å². The normalized spacial score (nSPS) is 10.3. The van der Waals surface area contributed by atoms with Crippen molar-refractivity contribution in [3.63, 3.8) is 0 Å². The number of carbonyl (C=O) groups is 1. The van der Waals surface area contributed by atoms with Crippen LogP contribution in [0.1, 0.15) is 0 Å². The average Bonchev–Trinajstić information content (AvgIpc) is 2.50. The largest absolute Gasteiger partial charge is 0.324 e. The SMILES string of the molecule is O=C(CNCCSc1ccccc1)Nc1ccccc1Br. The molecule has 0 radical (unpaired) electrons. The molecule has 21 heavy (non-hydrogen) atoms. The van der Waals surface area contributed by atoms with Gasteiger partial charge in [-0.3, -0.25) is 4.79 Å². The van der Waals surface area contributed by atoms with E-state index in [1.807, 2.05) is 42.5 Å². The molecule has 0 aliphatic carbocycles. The van der Waals surface area contributed by atoms with Crippen LogP contribution in [0.5, 0.6) is 0 Å². The van der Waals surface area contributed by atoms with E-state index >= 15 is 0 Å². The summed E-state index contributed by atoms with van der Waals surface area (Å²) in [5.41, 5.74) is 0.794. The summed E-state index contributed by atoms with van der Waals surface area (Å²) in [6.45, 7) is 1.11. The van der Waals surface area contributed by atoms with Crippen LogP contribution in [0.25, 0.3) is 0 Å². The zero-order valence-corrected chi connectivity index (χ0v) is 13.9. The molecule has 0 bridgehead atoms. The van der Waals surface area contributed by atoms with Crippen LogP contribution in [0.3, 0.4) is 0 Å². The summed E-state index contributed by atoms with van der Waals surface area (Å²) in [6, 6.07) is 17.8. The summed E-state index contributed by atoms with van der Waals surface area (Å²) in [4.78, 5) is 13.0. The number of halogens is 1. The van der Waals surface area contributed by atoms with Gasteiger partial charge < -0.3 is 10.6 Å². The van der Waals surface area contributed by atoms with Gasteiger partial charge in [-0.25, -0.2) is 0 Å². The maximum Gasteiger partial charge on any atom is 0.238 e. The number of rotatable bonds is 7. The maximum atomic E-state index is 11.8. The van der Waals surface area contributed by atoms with Crippen molar-refractivity contribution in [1.82, 2.24) is 5.32 Å². The molecule has 2 aromatic carbocycles. The molecule has 3 nitrogen and oxygen atoms in total. The van der Waals surface area contributed by atoms with E-state index in [1.165, 1.54) is 4.90 Å². The Morgan fingerprint density at radius 2 is 1.76 bits per heavy atom. The molecule has 0 aliphatic rings. The van der Waals surface area contributed by atoms with Crippen molar-refractivity contribution in [2.45, 2.75) is 4.90 Å². The molecule has 0 saturated carbocycles. The van der Waals surface area contributed by atoms with Crippen molar-refractivity contribution in [2.24, 2.45) is 0 Å². The number of para-hydroxylation sites is 1. The van der Waals surface area contributed by atoms with E-state index in [4.69, 9.17) is 0 Å². The second-order valence-corrected chi connectivity index (χ2v) is 6.39. The van der Waals surface area contributed by atoms with Gasteiger partial charge in [0.2, 0.25) is 5.91 Å². The van der Waals surface area contributed by atoms with Crippen LogP contribution in [0, 0.1) is 0 Å². The van der Waals surface area contributed by atoms with Crippen molar-refractivity contribution in [2.75, 3.05) is 24.2 Å². The van der Waals surface area contributed by atoms with Crippen LogP contribution in [-0.2, 0) is 4.79 Å². The summed E-state index contributed by atoms with van der Waals surface area (Å²) < 4.78 is 0.887. The van der Waals surface area contributed by atoms with Gasteiger partial charge >= 0.3 is 0 Å². The molecule has 0 fully saturated rings. The highest BCUT2D eigenvalue weighted by Crippen LogP contribution is 2.20. The molecular formula is C16H17BrN2OS. The molecule has 0 atom stereocenters. The Morgan fingerprint density at radius 3 is 2.52 bits per heavy atom. The number of anilines is 1. The maximum absolute atomic E-state index is 11.8. The van der Waals surface area contributed by atoms with Crippen LogP contribution in [0.15, 0.2) is 64.0 Å². The minimum atomic E-state index is -0.0355. The Hall–Kier alpha value is -1.30. The molecular weight excluding hydrogens is 348 g/mol. The topological polar surface area (TPSA) is 41.1 Å². The highest BCUT2D eigenvalue weighted by molar-refractivity contribution is 9.10. The minimum absolute atomic E-state index is 0.0355. The molecule has 2 aromatic rings. The molecule has 0 aromatic heterocycles. The van der Waals surface area contributed by atoms with Crippen LogP contribution >= 0.6 is 27.7 Å². The first-order valence-electron chi connectivity index (χ1n) is 6.68. The Bertz CT molecular complexity index is 577. The number of hydrogen-bond acceptors (Lipinski definition) is 3. The molecule has 0 spiro atoms. The van der Waals surface area contributed by atoms with Gasteiger partial charge in [-0.05, 0) is 40.2 Å². The third kappa shape index (κ3) is 5.91. The highest BCUT2D eigenvalue weighted by atomic mass is 79.9.